The van der Waals surface area contributed by atoms with Gasteiger partial charge in [0.15, 0.2) is 0 Å². The van der Waals surface area contributed by atoms with Gasteiger partial charge in [-0.1, -0.05) is 6.92 Å². The van der Waals surface area contributed by atoms with Crippen LogP contribution in [0.4, 0.5) is 14.5 Å². The summed E-state index contributed by atoms with van der Waals surface area (Å²) in [4.78, 5) is 4.06. The number of halogens is 2. The van der Waals surface area contributed by atoms with Crippen molar-refractivity contribution in [2.24, 2.45) is 5.92 Å². The number of hydrogen-bond donors (Lipinski definition) is 0. The van der Waals surface area contributed by atoms with Crippen LogP contribution in [0.1, 0.15) is 13.3 Å². The summed E-state index contributed by atoms with van der Waals surface area (Å²) in [6.07, 6.45) is 1.02. The summed E-state index contributed by atoms with van der Waals surface area (Å²) in [5.74, 6) is -2.90. The van der Waals surface area contributed by atoms with E-state index in [1.165, 1.54) is 12.1 Å². The lowest BCUT2D eigenvalue weighted by Gasteiger charge is -2.41. The van der Waals surface area contributed by atoms with E-state index in [2.05, 4.69) is 23.8 Å². The fourth-order valence-corrected chi connectivity index (χ4v) is 3.80. The van der Waals surface area contributed by atoms with E-state index in [0.717, 1.165) is 25.2 Å². The summed E-state index contributed by atoms with van der Waals surface area (Å²) in [6.45, 7) is 4.20. The molecule has 7 heteroatoms. The topological polar surface area (TPSA) is 40.6 Å². The largest absolute Gasteiger partial charge is 0.371 e. The van der Waals surface area contributed by atoms with Crippen LogP contribution in [0.3, 0.4) is 0 Å². The molecular weight excluding hydrogens is 310 g/mol. The zero-order chi connectivity index (χ0) is 16.5. The summed E-state index contributed by atoms with van der Waals surface area (Å²) in [5, 5.41) is 0. The van der Waals surface area contributed by atoms with Crippen molar-refractivity contribution >= 4 is 15.5 Å². The minimum absolute atomic E-state index is 0.337. The normalized spacial score (nSPS) is 23.7. The molecule has 1 aliphatic rings. The molecule has 0 radical (unpaired) electrons. The Balaban J connectivity index is 2.17. The van der Waals surface area contributed by atoms with Crippen molar-refractivity contribution in [2.75, 3.05) is 32.1 Å². The van der Waals surface area contributed by atoms with Gasteiger partial charge in [0.2, 0.25) is 9.84 Å². The molecule has 22 heavy (non-hydrogen) atoms. The van der Waals surface area contributed by atoms with Gasteiger partial charge in [0, 0.05) is 25.3 Å². The maximum Gasteiger partial charge on any atom is 0.341 e. The van der Waals surface area contributed by atoms with E-state index in [0.29, 0.717) is 12.0 Å². The van der Waals surface area contributed by atoms with Crippen LogP contribution >= 0.6 is 0 Å². The molecule has 1 aromatic rings. The molecule has 1 aliphatic heterocycles. The van der Waals surface area contributed by atoms with E-state index in [1.807, 2.05) is 7.05 Å². The molecule has 0 bridgehead atoms. The summed E-state index contributed by atoms with van der Waals surface area (Å²) in [6, 6.07) is 6.06. The quantitative estimate of drug-likeness (QED) is 0.849. The van der Waals surface area contributed by atoms with E-state index >= 15 is 0 Å². The Labute approximate surface area is 130 Å². The molecular formula is C15H22F2N2O2S. The van der Waals surface area contributed by atoms with Gasteiger partial charge in [0.05, 0.1) is 4.90 Å². The minimum atomic E-state index is -4.52. The van der Waals surface area contributed by atoms with E-state index in [4.69, 9.17) is 0 Å². The van der Waals surface area contributed by atoms with Gasteiger partial charge in [-0.15, -0.1) is 0 Å². The summed E-state index contributed by atoms with van der Waals surface area (Å²) < 4.78 is 47.9. The molecule has 2 unspecified atom stereocenters. The zero-order valence-corrected chi connectivity index (χ0v) is 13.9. The van der Waals surface area contributed by atoms with E-state index in [9.17, 15) is 17.2 Å². The second-order valence-corrected chi connectivity index (χ2v) is 7.92. The molecule has 2 rings (SSSR count). The summed E-state index contributed by atoms with van der Waals surface area (Å²) in [7, 11) is -0.465. The van der Waals surface area contributed by atoms with Crippen LogP contribution in [0.5, 0.6) is 0 Å². The van der Waals surface area contributed by atoms with Crippen molar-refractivity contribution in [1.82, 2.24) is 4.90 Å². The van der Waals surface area contributed by atoms with Gasteiger partial charge < -0.3 is 9.80 Å². The first-order chi connectivity index (χ1) is 10.2. The molecule has 124 valence electrons. The number of anilines is 1. The molecule has 0 N–H and O–H groups in total. The fourth-order valence-electron chi connectivity index (χ4n) is 3.08. The van der Waals surface area contributed by atoms with Crippen molar-refractivity contribution < 1.29 is 17.2 Å². The first-order valence-corrected chi connectivity index (χ1v) is 8.81. The van der Waals surface area contributed by atoms with Crippen LogP contribution in [-0.4, -0.2) is 52.3 Å². The van der Waals surface area contributed by atoms with Gasteiger partial charge in [-0.25, -0.2) is 8.42 Å². The van der Waals surface area contributed by atoms with Gasteiger partial charge in [0.1, 0.15) is 0 Å². The second kappa shape index (κ2) is 6.50. The average Bonchev–Trinajstić information content (AvgIpc) is 2.46. The third-order valence-corrected chi connectivity index (χ3v) is 5.77. The molecule has 0 spiro atoms. The number of rotatable bonds is 4. The Kier molecular flexibility index (Phi) is 5.07. The monoisotopic (exact) mass is 332 g/mol. The van der Waals surface area contributed by atoms with Crippen LogP contribution < -0.4 is 4.90 Å². The molecule has 2 atom stereocenters. The molecule has 4 nitrogen and oxygen atoms in total. The Bertz CT molecular complexity index is 604. The highest BCUT2D eigenvalue weighted by molar-refractivity contribution is 7.91. The molecule has 1 saturated heterocycles. The first kappa shape index (κ1) is 17.1. The van der Waals surface area contributed by atoms with Crippen LogP contribution in [-0.2, 0) is 9.84 Å². The predicted octanol–water partition coefficient (Wildman–Crippen LogP) is 2.46. The number of nitrogens with zero attached hydrogens (tertiary/aromatic N) is 2. The maximum atomic E-state index is 12.5. The highest BCUT2D eigenvalue weighted by Crippen LogP contribution is 2.27. The van der Waals surface area contributed by atoms with E-state index in [-0.39, 0.29) is 4.90 Å². The SMILES string of the molecule is CC1CN(C)CCC1N(C)c1ccc(S(=O)(=O)C(F)F)cc1. The zero-order valence-electron chi connectivity index (χ0n) is 13.0. The maximum absolute atomic E-state index is 12.5. The van der Waals surface area contributed by atoms with Crippen molar-refractivity contribution in [3.63, 3.8) is 0 Å². The smallest absolute Gasteiger partial charge is 0.341 e. The van der Waals surface area contributed by atoms with Crippen LogP contribution in [0.15, 0.2) is 29.2 Å². The van der Waals surface area contributed by atoms with Crippen LogP contribution in [0, 0.1) is 5.92 Å². The lowest BCUT2D eigenvalue weighted by Crippen LogP contribution is -2.47. The lowest BCUT2D eigenvalue weighted by molar-refractivity contribution is 0.194. The standard InChI is InChI=1S/C15H22F2N2O2S/c1-11-10-18(2)9-8-14(11)19(3)12-4-6-13(7-5-12)22(20,21)15(16)17/h4-7,11,14-15H,8-10H2,1-3H3. The van der Waals surface area contributed by atoms with Crippen LogP contribution in [0.25, 0.3) is 0 Å². The highest BCUT2D eigenvalue weighted by atomic mass is 32.2. The average molecular weight is 332 g/mol. The molecule has 0 aliphatic carbocycles. The third kappa shape index (κ3) is 3.41. The third-order valence-electron chi connectivity index (χ3n) is 4.37. The number of piperidine rings is 1. The minimum Gasteiger partial charge on any atom is -0.371 e. The predicted molar refractivity (Wildman–Crippen MR) is 83.1 cm³/mol. The Hall–Kier alpha value is -1.21. The van der Waals surface area contributed by atoms with Gasteiger partial charge in [-0.2, -0.15) is 8.78 Å². The Morgan fingerprint density at radius 2 is 1.86 bits per heavy atom. The summed E-state index contributed by atoms with van der Waals surface area (Å²) in [5.41, 5.74) is 0.842. The highest BCUT2D eigenvalue weighted by Gasteiger charge is 2.29. The molecule has 0 aromatic heterocycles. The van der Waals surface area contributed by atoms with Crippen molar-refractivity contribution in [3.05, 3.63) is 24.3 Å². The number of sulfone groups is 1. The first-order valence-electron chi connectivity index (χ1n) is 7.27. The molecule has 1 fully saturated rings. The molecule has 1 heterocycles. The lowest BCUT2D eigenvalue weighted by atomic mass is 9.92. The number of hydrogen-bond acceptors (Lipinski definition) is 4. The molecule has 1 aromatic carbocycles. The number of likely N-dealkylation sites (tertiary alicyclic amines) is 1. The van der Waals surface area contributed by atoms with Crippen molar-refractivity contribution in [2.45, 2.75) is 30.0 Å². The summed E-state index contributed by atoms with van der Waals surface area (Å²) >= 11 is 0. The Morgan fingerprint density at radius 3 is 2.36 bits per heavy atom. The molecule has 0 amide bonds. The molecule has 0 saturated carbocycles. The second-order valence-electron chi connectivity index (χ2n) is 6.01. The van der Waals surface area contributed by atoms with Crippen molar-refractivity contribution in [1.29, 1.82) is 0 Å². The van der Waals surface area contributed by atoms with E-state index in [1.54, 1.807) is 12.1 Å². The number of benzene rings is 1. The van der Waals surface area contributed by atoms with Crippen molar-refractivity contribution in [3.8, 4) is 0 Å². The van der Waals surface area contributed by atoms with Crippen LogP contribution in [0.2, 0.25) is 0 Å². The fraction of sp³-hybridized carbons (Fsp3) is 0.600. The Morgan fingerprint density at radius 1 is 1.27 bits per heavy atom. The van der Waals surface area contributed by atoms with Gasteiger partial charge >= 0.3 is 5.76 Å². The van der Waals surface area contributed by atoms with E-state index < -0.39 is 15.6 Å². The van der Waals surface area contributed by atoms with Gasteiger partial charge in [-0.05, 0) is 50.2 Å². The number of alkyl halides is 2. The van der Waals surface area contributed by atoms with Gasteiger partial charge in [-0.3, -0.25) is 0 Å². The van der Waals surface area contributed by atoms with Gasteiger partial charge in [0.25, 0.3) is 0 Å².